The van der Waals surface area contributed by atoms with Gasteiger partial charge in [-0.2, -0.15) is 0 Å². The largest absolute Gasteiger partial charge is 0.455 e. The summed E-state index contributed by atoms with van der Waals surface area (Å²) in [7, 11) is 0. The number of hydrogen-bond donors (Lipinski definition) is 0. The number of fused-ring (bicyclic) bond motifs is 5. The van der Waals surface area contributed by atoms with Crippen molar-refractivity contribution in [2.75, 3.05) is 4.90 Å². The van der Waals surface area contributed by atoms with Crippen LogP contribution in [-0.4, -0.2) is 0 Å². The predicted molar refractivity (Wildman–Crippen MR) is 253 cm³/mol. The molecule has 11 aromatic rings. The third-order valence-electron chi connectivity index (χ3n) is 11.7. The minimum absolute atomic E-state index is 0.872. The van der Waals surface area contributed by atoms with Crippen LogP contribution in [0, 0.1) is 0 Å². The maximum Gasteiger partial charge on any atom is 0.143 e. The van der Waals surface area contributed by atoms with Gasteiger partial charge in [-0.15, -0.1) is 0 Å². The Labute approximate surface area is 349 Å². The third-order valence-corrected chi connectivity index (χ3v) is 11.7. The number of anilines is 3. The van der Waals surface area contributed by atoms with E-state index in [0.717, 1.165) is 61.3 Å². The van der Waals surface area contributed by atoms with Crippen LogP contribution in [0.25, 0.3) is 88.3 Å². The van der Waals surface area contributed by atoms with Gasteiger partial charge in [-0.1, -0.05) is 188 Å². The molecule has 0 saturated carbocycles. The molecule has 0 unspecified atom stereocenters. The van der Waals surface area contributed by atoms with E-state index in [0.29, 0.717) is 0 Å². The first kappa shape index (κ1) is 35.2. The van der Waals surface area contributed by atoms with Gasteiger partial charge in [0, 0.05) is 33.4 Å². The Morgan fingerprint density at radius 2 is 0.750 bits per heavy atom. The second-order valence-electron chi connectivity index (χ2n) is 15.3. The molecule has 60 heavy (non-hydrogen) atoms. The fraction of sp³-hybridized carbons (Fsp3) is 0. The number of hydrogen-bond acceptors (Lipinski definition) is 2. The van der Waals surface area contributed by atoms with E-state index in [4.69, 9.17) is 4.42 Å². The molecule has 1 aromatic heterocycles. The van der Waals surface area contributed by atoms with Crippen LogP contribution in [-0.2, 0) is 0 Å². The van der Waals surface area contributed by atoms with Crippen molar-refractivity contribution < 1.29 is 4.42 Å². The van der Waals surface area contributed by atoms with Crippen molar-refractivity contribution in [1.82, 2.24) is 0 Å². The first-order valence-corrected chi connectivity index (χ1v) is 20.5. The fourth-order valence-corrected chi connectivity index (χ4v) is 8.72. The molecule has 10 aromatic carbocycles. The second kappa shape index (κ2) is 15.1. The summed E-state index contributed by atoms with van der Waals surface area (Å²) in [6.45, 7) is 0. The molecule has 0 amide bonds. The van der Waals surface area contributed by atoms with Gasteiger partial charge in [0.2, 0.25) is 0 Å². The van der Waals surface area contributed by atoms with Crippen molar-refractivity contribution in [3.05, 3.63) is 237 Å². The molecule has 1 heterocycles. The van der Waals surface area contributed by atoms with E-state index in [1.807, 2.05) is 0 Å². The van der Waals surface area contributed by atoms with Crippen molar-refractivity contribution in [3.8, 4) is 55.6 Å². The lowest BCUT2D eigenvalue weighted by molar-refractivity contribution is 0.670. The van der Waals surface area contributed by atoms with Crippen molar-refractivity contribution >= 4 is 49.8 Å². The molecule has 2 nitrogen and oxygen atoms in total. The molecule has 11 rings (SSSR count). The lowest BCUT2D eigenvalue weighted by atomic mass is 9.92. The minimum atomic E-state index is 0.872. The van der Waals surface area contributed by atoms with E-state index in [2.05, 4.69) is 241 Å². The van der Waals surface area contributed by atoms with Crippen molar-refractivity contribution in [3.63, 3.8) is 0 Å². The Kier molecular flexibility index (Phi) is 8.87. The van der Waals surface area contributed by atoms with E-state index < -0.39 is 0 Å². The minimum Gasteiger partial charge on any atom is -0.455 e. The summed E-state index contributed by atoms with van der Waals surface area (Å²) in [6, 6.07) is 84.6. The Morgan fingerprint density at radius 1 is 0.283 bits per heavy atom. The Hall–Kier alpha value is -7.94. The first-order valence-electron chi connectivity index (χ1n) is 20.5. The van der Waals surface area contributed by atoms with Crippen LogP contribution < -0.4 is 4.90 Å². The van der Waals surface area contributed by atoms with E-state index in [-0.39, 0.29) is 0 Å². The molecular weight excluding hydrogens is 727 g/mol. The molecule has 2 heteroatoms. The predicted octanol–water partition coefficient (Wildman–Crippen LogP) is 16.5. The topological polar surface area (TPSA) is 16.4 Å². The maximum atomic E-state index is 6.92. The molecule has 0 saturated heterocycles. The SMILES string of the molecule is c1ccc(-c2ccc(-c3cc4ccccc4c4c3oc3cccc(-c5cccc(N(c6ccc(-c7ccccc7)cc6)c6ccc(-c7ccccc7)cc6)c5)c34)cc2)cc1. The second-order valence-corrected chi connectivity index (χ2v) is 15.3. The monoisotopic (exact) mass is 765 g/mol. The third kappa shape index (κ3) is 6.41. The van der Waals surface area contributed by atoms with Crippen LogP contribution in [0.15, 0.2) is 241 Å². The van der Waals surface area contributed by atoms with E-state index in [9.17, 15) is 0 Å². The van der Waals surface area contributed by atoms with Gasteiger partial charge in [-0.25, -0.2) is 0 Å². The average Bonchev–Trinajstić information content (AvgIpc) is 3.73. The van der Waals surface area contributed by atoms with Gasteiger partial charge in [-0.3, -0.25) is 0 Å². The quantitative estimate of drug-likeness (QED) is 0.153. The van der Waals surface area contributed by atoms with Gasteiger partial charge in [0.1, 0.15) is 11.2 Å². The van der Waals surface area contributed by atoms with Crippen LogP contribution >= 0.6 is 0 Å². The Balaban J connectivity index is 1.06. The molecule has 0 atom stereocenters. The molecule has 0 spiro atoms. The molecule has 0 aliphatic carbocycles. The van der Waals surface area contributed by atoms with Gasteiger partial charge >= 0.3 is 0 Å². The maximum absolute atomic E-state index is 6.92. The van der Waals surface area contributed by atoms with Crippen LogP contribution in [0.1, 0.15) is 0 Å². The summed E-state index contributed by atoms with van der Waals surface area (Å²) in [5.74, 6) is 0. The van der Waals surface area contributed by atoms with Gasteiger partial charge in [0.25, 0.3) is 0 Å². The summed E-state index contributed by atoms with van der Waals surface area (Å²) >= 11 is 0. The summed E-state index contributed by atoms with van der Waals surface area (Å²) in [6.07, 6.45) is 0. The van der Waals surface area contributed by atoms with Crippen molar-refractivity contribution in [2.45, 2.75) is 0 Å². The van der Waals surface area contributed by atoms with E-state index in [1.54, 1.807) is 0 Å². The summed E-state index contributed by atoms with van der Waals surface area (Å²) in [5.41, 5.74) is 16.6. The molecule has 0 bridgehead atoms. The highest BCUT2D eigenvalue weighted by Gasteiger charge is 2.21. The molecule has 282 valence electrons. The lowest BCUT2D eigenvalue weighted by Gasteiger charge is -2.26. The molecule has 0 radical (unpaired) electrons. The van der Waals surface area contributed by atoms with Gasteiger partial charge in [0.15, 0.2) is 0 Å². The van der Waals surface area contributed by atoms with Crippen LogP contribution in [0.3, 0.4) is 0 Å². The average molecular weight is 766 g/mol. The van der Waals surface area contributed by atoms with E-state index in [1.165, 1.54) is 44.2 Å². The van der Waals surface area contributed by atoms with Crippen LogP contribution in [0.2, 0.25) is 0 Å². The summed E-state index contributed by atoms with van der Waals surface area (Å²) in [5, 5.41) is 4.62. The lowest BCUT2D eigenvalue weighted by Crippen LogP contribution is -2.10. The van der Waals surface area contributed by atoms with Gasteiger partial charge in [0.05, 0.1) is 0 Å². The van der Waals surface area contributed by atoms with Gasteiger partial charge < -0.3 is 9.32 Å². The molecular formula is C58H39NO. The van der Waals surface area contributed by atoms with Crippen LogP contribution in [0.4, 0.5) is 17.1 Å². The van der Waals surface area contributed by atoms with Crippen LogP contribution in [0.5, 0.6) is 0 Å². The normalized spacial score (nSPS) is 11.3. The molecule has 0 fully saturated rings. The Bertz CT molecular complexity index is 3180. The summed E-state index contributed by atoms with van der Waals surface area (Å²) < 4.78 is 6.92. The van der Waals surface area contributed by atoms with Gasteiger partial charge in [-0.05, 0) is 109 Å². The zero-order chi connectivity index (χ0) is 39.8. The zero-order valence-electron chi connectivity index (χ0n) is 32.9. The first-order chi connectivity index (χ1) is 29.7. The highest BCUT2D eigenvalue weighted by Crippen LogP contribution is 2.46. The molecule has 0 aliphatic heterocycles. The highest BCUT2D eigenvalue weighted by molar-refractivity contribution is 6.25. The number of nitrogens with zero attached hydrogens (tertiary/aromatic N) is 1. The number of furan rings is 1. The highest BCUT2D eigenvalue weighted by atomic mass is 16.3. The standard InChI is InChI=1S/C58H39NO/c1-4-14-40(15-5-1)43-26-28-46(29-27-43)54-39-48-20-10-11-23-53(48)57-56-52(24-13-25-55(56)60-58(54)57)47-21-12-22-51(38-47)59(49-34-30-44(31-35-49)41-16-6-2-7-17-41)50-36-32-45(33-37-50)42-18-8-3-9-19-42/h1-39H. The fourth-order valence-electron chi connectivity index (χ4n) is 8.72. The molecule has 0 N–H and O–H groups in total. The number of rotatable bonds is 8. The molecule has 0 aliphatic rings. The zero-order valence-corrected chi connectivity index (χ0v) is 32.9. The smallest absolute Gasteiger partial charge is 0.143 e. The van der Waals surface area contributed by atoms with E-state index >= 15 is 0 Å². The van der Waals surface area contributed by atoms with Crippen molar-refractivity contribution in [1.29, 1.82) is 0 Å². The summed E-state index contributed by atoms with van der Waals surface area (Å²) in [4.78, 5) is 2.35. The number of benzene rings is 10. The van der Waals surface area contributed by atoms with Crippen molar-refractivity contribution in [2.24, 2.45) is 0 Å². The Morgan fingerprint density at radius 3 is 1.33 bits per heavy atom.